The smallest absolute Gasteiger partial charge is 0.143 e. The lowest BCUT2D eigenvalue weighted by molar-refractivity contribution is 0.305. The molecule has 0 aromatic heterocycles. The van der Waals surface area contributed by atoms with Crippen LogP contribution in [0.5, 0.6) is 11.5 Å². The van der Waals surface area contributed by atoms with E-state index in [0.717, 1.165) is 22.6 Å². The number of amidine groups is 1. The van der Waals surface area contributed by atoms with E-state index in [4.69, 9.17) is 20.4 Å². The van der Waals surface area contributed by atoms with Gasteiger partial charge in [-0.15, -0.1) is 0 Å². The monoisotopic (exact) mass is 286 g/mol. The zero-order valence-electron chi connectivity index (χ0n) is 11.8. The summed E-state index contributed by atoms with van der Waals surface area (Å²) >= 11 is 0. The summed E-state index contributed by atoms with van der Waals surface area (Å²) in [4.78, 5) is 0. The molecule has 3 N–H and O–H groups in total. The van der Waals surface area contributed by atoms with Crippen LogP contribution in [0.15, 0.2) is 53.7 Å². The molecule has 0 fully saturated rings. The molecule has 0 unspecified atom stereocenters. The molecule has 21 heavy (non-hydrogen) atoms. The number of rotatable bonds is 6. The van der Waals surface area contributed by atoms with Gasteiger partial charge in [0.25, 0.3) is 0 Å². The fourth-order valence-corrected chi connectivity index (χ4v) is 1.88. The van der Waals surface area contributed by atoms with Crippen LogP contribution < -0.4 is 15.2 Å². The lowest BCUT2D eigenvalue weighted by Crippen LogP contribution is -2.14. The first-order valence-electron chi connectivity index (χ1n) is 6.52. The molecule has 0 radical (unpaired) electrons. The van der Waals surface area contributed by atoms with Crippen LogP contribution in [-0.2, 0) is 13.0 Å². The topological polar surface area (TPSA) is 77.1 Å². The minimum atomic E-state index is 0.181. The largest absolute Gasteiger partial charge is 0.497 e. The Morgan fingerprint density at radius 3 is 2.52 bits per heavy atom. The third-order valence-electron chi connectivity index (χ3n) is 2.98. The van der Waals surface area contributed by atoms with Gasteiger partial charge in [0.05, 0.1) is 7.11 Å². The van der Waals surface area contributed by atoms with E-state index >= 15 is 0 Å². The second-order valence-corrected chi connectivity index (χ2v) is 4.55. The number of nitrogens with two attached hydrogens (primary N) is 1. The second kappa shape index (κ2) is 7.19. The van der Waals surface area contributed by atoms with Crippen LogP contribution in [0.2, 0.25) is 0 Å². The van der Waals surface area contributed by atoms with E-state index in [2.05, 4.69) is 5.16 Å². The SMILES string of the molecule is COc1cccc(COc2ccc(C/C(N)=N/O)cc2)c1. The van der Waals surface area contributed by atoms with Crippen molar-refractivity contribution in [2.45, 2.75) is 13.0 Å². The molecule has 2 aromatic rings. The number of hydrogen-bond donors (Lipinski definition) is 2. The first kappa shape index (κ1) is 14.7. The molecular formula is C16H18N2O3. The van der Waals surface area contributed by atoms with Crippen molar-refractivity contribution < 1.29 is 14.7 Å². The zero-order valence-corrected chi connectivity index (χ0v) is 11.8. The van der Waals surface area contributed by atoms with Gasteiger partial charge in [0.1, 0.15) is 23.9 Å². The van der Waals surface area contributed by atoms with Gasteiger partial charge in [-0.05, 0) is 35.4 Å². The molecule has 0 aliphatic rings. The fraction of sp³-hybridized carbons (Fsp3) is 0.188. The van der Waals surface area contributed by atoms with Gasteiger partial charge >= 0.3 is 0 Å². The number of benzene rings is 2. The van der Waals surface area contributed by atoms with Crippen LogP contribution in [-0.4, -0.2) is 18.2 Å². The van der Waals surface area contributed by atoms with E-state index in [1.807, 2.05) is 48.5 Å². The van der Waals surface area contributed by atoms with Gasteiger partial charge in [0, 0.05) is 6.42 Å². The third kappa shape index (κ3) is 4.42. The van der Waals surface area contributed by atoms with Crippen LogP contribution >= 0.6 is 0 Å². The summed E-state index contributed by atoms with van der Waals surface area (Å²) in [7, 11) is 1.64. The molecule has 0 spiro atoms. The van der Waals surface area contributed by atoms with Gasteiger partial charge in [0.15, 0.2) is 0 Å². The summed E-state index contributed by atoms with van der Waals surface area (Å²) in [6.07, 6.45) is 0.409. The molecule has 0 amide bonds. The normalized spacial score (nSPS) is 11.2. The minimum Gasteiger partial charge on any atom is -0.497 e. The molecule has 0 aliphatic carbocycles. The molecule has 5 heteroatoms. The summed E-state index contributed by atoms with van der Waals surface area (Å²) < 4.78 is 10.9. The van der Waals surface area contributed by atoms with Crippen molar-refractivity contribution in [3.63, 3.8) is 0 Å². The van der Waals surface area contributed by atoms with Gasteiger partial charge in [-0.2, -0.15) is 0 Å². The van der Waals surface area contributed by atoms with Gasteiger partial charge in [-0.25, -0.2) is 0 Å². The summed E-state index contributed by atoms with van der Waals surface area (Å²) in [6.45, 7) is 0.469. The highest BCUT2D eigenvalue weighted by Crippen LogP contribution is 2.17. The maximum atomic E-state index is 8.53. The molecule has 0 aliphatic heterocycles. The fourth-order valence-electron chi connectivity index (χ4n) is 1.88. The van der Waals surface area contributed by atoms with E-state index in [9.17, 15) is 0 Å². The van der Waals surface area contributed by atoms with Crippen molar-refractivity contribution in [3.05, 3.63) is 59.7 Å². The minimum absolute atomic E-state index is 0.181. The predicted octanol–water partition coefficient (Wildman–Crippen LogP) is 2.56. The Labute approximate surface area is 123 Å². The van der Waals surface area contributed by atoms with Crippen molar-refractivity contribution in [3.8, 4) is 11.5 Å². The van der Waals surface area contributed by atoms with Crippen molar-refractivity contribution in [2.75, 3.05) is 7.11 Å². The first-order valence-corrected chi connectivity index (χ1v) is 6.52. The van der Waals surface area contributed by atoms with E-state index in [1.165, 1.54) is 0 Å². The van der Waals surface area contributed by atoms with Crippen LogP contribution in [0.1, 0.15) is 11.1 Å². The van der Waals surface area contributed by atoms with Gasteiger partial charge in [-0.3, -0.25) is 0 Å². The average molecular weight is 286 g/mol. The number of hydrogen-bond acceptors (Lipinski definition) is 4. The quantitative estimate of drug-likeness (QED) is 0.370. The van der Waals surface area contributed by atoms with Crippen LogP contribution in [0.3, 0.4) is 0 Å². The number of methoxy groups -OCH3 is 1. The van der Waals surface area contributed by atoms with Gasteiger partial charge in [0.2, 0.25) is 0 Å². The molecule has 0 bridgehead atoms. The number of oxime groups is 1. The lowest BCUT2D eigenvalue weighted by Gasteiger charge is -2.08. The third-order valence-corrected chi connectivity index (χ3v) is 2.98. The van der Waals surface area contributed by atoms with Gasteiger partial charge in [-0.1, -0.05) is 29.4 Å². The molecular weight excluding hydrogens is 268 g/mol. The Hall–Kier alpha value is -2.69. The summed E-state index contributed by atoms with van der Waals surface area (Å²) in [5, 5.41) is 11.5. The van der Waals surface area contributed by atoms with Crippen molar-refractivity contribution in [2.24, 2.45) is 10.9 Å². The van der Waals surface area contributed by atoms with Gasteiger partial charge < -0.3 is 20.4 Å². The molecule has 0 saturated heterocycles. The van der Waals surface area contributed by atoms with E-state index < -0.39 is 0 Å². The average Bonchev–Trinajstić information content (AvgIpc) is 2.54. The predicted molar refractivity (Wildman–Crippen MR) is 80.9 cm³/mol. The Morgan fingerprint density at radius 1 is 1.10 bits per heavy atom. The summed E-state index contributed by atoms with van der Waals surface area (Å²) in [5.74, 6) is 1.76. The van der Waals surface area contributed by atoms with Crippen LogP contribution in [0.4, 0.5) is 0 Å². The van der Waals surface area contributed by atoms with Crippen LogP contribution in [0, 0.1) is 0 Å². The maximum Gasteiger partial charge on any atom is 0.143 e. The zero-order chi connectivity index (χ0) is 15.1. The molecule has 5 nitrogen and oxygen atoms in total. The molecule has 110 valence electrons. The summed E-state index contributed by atoms with van der Waals surface area (Å²) in [5.41, 5.74) is 7.46. The van der Waals surface area contributed by atoms with Crippen molar-refractivity contribution in [1.82, 2.24) is 0 Å². The van der Waals surface area contributed by atoms with E-state index in [0.29, 0.717) is 13.0 Å². The molecule has 0 atom stereocenters. The highest BCUT2D eigenvalue weighted by molar-refractivity contribution is 5.82. The first-order chi connectivity index (χ1) is 10.2. The number of nitrogens with zero attached hydrogens (tertiary/aromatic N) is 1. The lowest BCUT2D eigenvalue weighted by atomic mass is 10.1. The molecule has 0 heterocycles. The molecule has 2 rings (SSSR count). The van der Waals surface area contributed by atoms with Crippen molar-refractivity contribution >= 4 is 5.84 Å². The summed E-state index contributed by atoms with van der Waals surface area (Å²) in [6, 6.07) is 15.2. The highest BCUT2D eigenvalue weighted by Gasteiger charge is 2.00. The Bertz CT molecular complexity index is 609. The molecule has 2 aromatic carbocycles. The standard InChI is InChI=1S/C16H18N2O3/c1-20-15-4-2-3-13(9-15)11-21-14-7-5-12(6-8-14)10-16(17)18-19/h2-9,19H,10-11H2,1H3,(H2,17,18). The van der Waals surface area contributed by atoms with E-state index in [1.54, 1.807) is 7.11 Å². The Balaban J connectivity index is 1.94. The maximum absolute atomic E-state index is 8.53. The highest BCUT2D eigenvalue weighted by atomic mass is 16.5. The number of ether oxygens (including phenoxy) is 2. The molecule has 0 saturated carbocycles. The Morgan fingerprint density at radius 2 is 1.86 bits per heavy atom. The second-order valence-electron chi connectivity index (χ2n) is 4.55. The Kier molecular flexibility index (Phi) is 5.04. The van der Waals surface area contributed by atoms with E-state index in [-0.39, 0.29) is 5.84 Å². The van der Waals surface area contributed by atoms with Crippen LogP contribution in [0.25, 0.3) is 0 Å². The van der Waals surface area contributed by atoms with Crippen molar-refractivity contribution in [1.29, 1.82) is 0 Å².